The molecule has 1 aromatic carbocycles. The second-order valence-corrected chi connectivity index (χ2v) is 7.13. The average Bonchev–Trinajstić information content (AvgIpc) is 3.29. The van der Waals surface area contributed by atoms with E-state index in [1.807, 2.05) is 33.9 Å². The highest BCUT2D eigenvalue weighted by atomic mass is 32.1. The Kier molecular flexibility index (Phi) is 5.83. The van der Waals surface area contributed by atoms with Gasteiger partial charge in [0.15, 0.2) is 0 Å². The van der Waals surface area contributed by atoms with Gasteiger partial charge in [0.25, 0.3) is 5.91 Å². The first-order chi connectivity index (χ1) is 12.1. The molecule has 3 rings (SSSR count). The lowest BCUT2D eigenvalue weighted by molar-refractivity contribution is -0.130. The van der Waals surface area contributed by atoms with Gasteiger partial charge in [0.1, 0.15) is 0 Å². The van der Waals surface area contributed by atoms with Crippen molar-refractivity contribution in [3.63, 3.8) is 0 Å². The van der Waals surface area contributed by atoms with Crippen LogP contribution in [0.2, 0.25) is 0 Å². The van der Waals surface area contributed by atoms with Crippen molar-refractivity contribution >= 4 is 23.2 Å². The Bertz CT molecular complexity index is 703. The SMILES string of the molecule is N[C@@H]1CN(C(=O)CCCNC(=O)c2ccsc2)C[C@H]1c1ccccc1. The molecule has 2 atom stereocenters. The van der Waals surface area contributed by atoms with Crippen molar-refractivity contribution in [2.24, 2.45) is 5.73 Å². The van der Waals surface area contributed by atoms with Gasteiger partial charge in [-0.3, -0.25) is 9.59 Å². The van der Waals surface area contributed by atoms with Crippen LogP contribution in [0.5, 0.6) is 0 Å². The molecule has 1 fully saturated rings. The van der Waals surface area contributed by atoms with Crippen LogP contribution in [0.1, 0.15) is 34.7 Å². The molecule has 0 radical (unpaired) electrons. The molecule has 0 bridgehead atoms. The van der Waals surface area contributed by atoms with Crippen LogP contribution in [0.4, 0.5) is 0 Å². The van der Waals surface area contributed by atoms with Gasteiger partial charge < -0.3 is 16.0 Å². The number of amides is 2. The molecular formula is C19H23N3O2S. The van der Waals surface area contributed by atoms with E-state index in [1.54, 1.807) is 6.07 Å². The fraction of sp³-hybridized carbons (Fsp3) is 0.368. The highest BCUT2D eigenvalue weighted by Gasteiger charge is 2.33. The highest BCUT2D eigenvalue weighted by Crippen LogP contribution is 2.26. The first-order valence-corrected chi connectivity index (χ1v) is 9.48. The summed E-state index contributed by atoms with van der Waals surface area (Å²) in [7, 11) is 0. The monoisotopic (exact) mass is 357 g/mol. The van der Waals surface area contributed by atoms with Gasteiger partial charge in [-0.2, -0.15) is 11.3 Å². The van der Waals surface area contributed by atoms with Crippen molar-refractivity contribution in [2.75, 3.05) is 19.6 Å². The third-order valence-corrected chi connectivity index (χ3v) is 5.27. The number of carbonyl (C=O) groups is 2. The first-order valence-electron chi connectivity index (χ1n) is 8.54. The number of carbonyl (C=O) groups excluding carboxylic acids is 2. The minimum Gasteiger partial charge on any atom is -0.352 e. The number of nitrogens with one attached hydrogen (secondary N) is 1. The van der Waals surface area contributed by atoms with E-state index in [0.717, 1.165) is 0 Å². The normalized spacial score (nSPS) is 19.8. The molecule has 0 saturated carbocycles. The summed E-state index contributed by atoms with van der Waals surface area (Å²) in [4.78, 5) is 26.1. The maximum Gasteiger partial charge on any atom is 0.252 e. The van der Waals surface area contributed by atoms with E-state index < -0.39 is 0 Å². The van der Waals surface area contributed by atoms with E-state index in [2.05, 4.69) is 17.4 Å². The van der Waals surface area contributed by atoms with Crippen LogP contribution in [0.3, 0.4) is 0 Å². The van der Waals surface area contributed by atoms with E-state index in [4.69, 9.17) is 5.73 Å². The van der Waals surface area contributed by atoms with Crippen LogP contribution < -0.4 is 11.1 Å². The summed E-state index contributed by atoms with van der Waals surface area (Å²) in [6.45, 7) is 1.77. The molecular weight excluding hydrogens is 334 g/mol. The number of benzene rings is 1. The zero-order valence-electron chi connectivity index (χ0n) is 14.1. The van der Waals surface area contributed by atoms with Crippen LogP contribution in [0.15, 0.2) is 47.2 Å². The standard InChI is InChI=1S/C19H23N3O2S/c20-17-12-22(11-16(17)14-5-2-1-3-6-14)18(23)7-4-9-21-19(24)15-8-10-25-13-15/h1-3,5-6,8,10,13,16-17H,4,7,9,11-12,20H2,(H,21,24)/t16-,17+/m0/s1. The van der Waals surface area contributed by atoms with Gasteiger partial charge in [-0.05, 0) is 23.4 Å². The molecule has 0 unspecified atom stereocenters. The topological polar surface area (TPSA) is 75.4 Å². The molecule has 1 aliphatic heterocycles. The lowest BCUT2D eigenvalue weighted by Crippen LogP contribution is -2.32. The number of rotatable bonds is 6. The van der Waals surface area contributed by atoms with E-state index in [1.165, 1.54) is 16.9 Å². The van der Waals surface area contributed by atoms with E-state index >= 15 is 0 Å². The predicted molar refractivity (Wildman–Crippen MR) is 99.6 cm³/mol. The summed E-state index contributed by atoms with van der Waals surface area (Å²) in [5.41, 5.74) is 8.10. The molecule has 2 aromatic rings. The van der Waals surface area contributed by atoms with E-state index in [-0.39, 0.29) is 23.8 Å². The van der Waals surface area contributed by atoms with Crippen molar-refractivity contribution in [2.45, 2.75) is 24.8 Å². The Labute approximate surface area is 151 Å². The quantitative estimate of drug-likeness (QED) is 0.779. The largest absolute Gasteiger partial charge is 0.352 e. The van der Waals surface area contributed by atoms with Crippen LogP contribution in [0.25, 0.3) is 0 Å². The lowest BCUT2D eigenvalue weighted by atomic mass is 9.95. The molecule has 25 heavy (non-hydrogen) atoms. The minimum absolute atomic E-state index is 0.0235. The predicted octanol–water partition coefficient (Wildman–Crippen LogP) is 2.21. The molecule has 6 heteroatoms. The number of thiophene rings is 1. The third-order valence-electron chi connectivity index (χ3n) is 4.58. The molecule has 0 spiro atoms. The Morgan fingerprint density at radius 1 is 1.20 bits per heavy atom. The number of nitrogens with two attached hydrogens (primary N) is 1. The van der Waals surface area contributed by atoms with Gasteiger partial charge in [-0.1, -0.05) is 30.3 Å². The Hall–Kier alpha value is -2.18. The van der Waals surface area contributed by atoms with Gasteiger partial charge in [-0.15, -0.1) is 0 Å². The molecule has 132 valence electrons. The third kappa shape index (κ3) is 4.46. The molecule has 3 N–H and O–H groups in total. The van der Waals surface area contributed by atoms with Crippen molar-refractivity contribution in [3.8, 4) is 0 Å². The van der Waals surface area contributed by atoms with Crippen molar-refractivity contribution < 1.29 is 9.59 Å². The number of nitrogens with zero attached hydrogens (tertiary/aromatic N) is 1. The average molecular weight is 357 g/mol. The minimum atomic E-state index is -0.0824. The summed E-state index contributed by atoms with van der Waals surface area (Å²) in [6, 6.07) is 11.9. The van der Waals surface area contributed by atoms with Crippen LogP contribution in [-0.4, -0.2) is 42.4 Å². The van der Waals surface area contributed by atoms with Gasteiger partial charge in [0.2, 0.25) is 5.91 Å². The summed E-state index contributed by atoms with van der Waals surface area (Å²) in [6.07, 6.45) is 1.06. The fourth-order valence-electron chi connectivity index (χ4n) is 3.18. The number of hydrogen-bond donors (Lipinski definition) is 2. The molecule has 1 aliphatic rings. The second-order valence-electron chi connectivity index (χ2n) is 6.35. The fourth-order valence-corrected chi connectivity index (χ4v) is 3.82. The van der Waals surface area contributed by atoms with Gasteiger partial charge >= 0.3 is 0 Å². The molecule has 2 heterocycles. The maximum atomic E-state index is 12.4. The number of hydrogen-bond acceptors (Lipinski definition) is 4. The molecule has 0 aliphatic carbocycles. The molecule has 1 aromatic heterocycles. The van der Waals surface area contributed by atoms with E-state index in [0.29, 0.717) is 38.0 Å². The Morgan fingerprint density at radius 2 is 2.00 bits per heavy atom. The van der Waals surface area contributed by atoms with Gasteiger partial charge in [0.05, 0.1) is 0 Å². The smallest absolute Gasteiger partial charge is 0.252 e. The van der Waals surface area contributed by atoms with E-state index in [9.17, 15) is 9.59 Å². The lowest BCUT2D eigenvalue weighted by Gasteiger charge is -2.16. The van der Waals surface area contributed by atoms with Crippen LogP contribution >= 0.6 is 11.3 Å². The van der Waals surface area contributed by atoms with Crippen molar-refractivity contribution in [3.05, 3.63) is 58.3 Å². The van der Waals surface area contributed by atoms with Crippen LogP contribution in [-0.2, 0) is 4.79 Å². The maximum absolute atomic E-state index is 12.4. The zero-order chi connectivity index (χ0) is 17.6. The Morgan fingerprint density at radius 3 is 2.72 bits per heavy atom. The summed E-state index contributed by atoms with van der Waals surface area (Å²) in [5, 5.41) is 6.54. The van der Waals surface area contributed by atoms with Crippen LogP contribution in [0, 0.1) is 0 Å². The summed E-state index contributed by atoms with van der Waals surface area (Å²) < 4.78 is 0. The molecule has 1 saturated heterocycles. The highest BCUT2D eigenvalue weighted by molar-refractivity contribution is 7.08. The molecule has 5 nitrogen and oxygen atoms in total. The first kappa shape index (κ1) is 17.6. The summed E-state index contributed by atoms with van der Waals surface area (Å²) in [5.74, 6) is 0.225. The Balaban J connectivity index is 1.42. The zero-order valence-corrected chi connectivity index (χ0v) is 14.9. The van der Waals surface area contributed by atoms with Crippen molar-refractivity contribution in [1.29, 1.82) is 0 Å². The van der Waals surface area contributed by atoms with Gasteiger partial charge in [0, 0.05) is 49.0 Å². The van der Waals surface area contributed by atoms with Gasteiger partial charge in [-0.25, -0.2) is 0 Å². The van der Waals surface area contributed by atoms with Crippen molar-refractivity contribution in [1.82, 2.24) is 10.2 Å². The number of likely N-dealkylation sites (tertiary alicyclic amines) is 1. The summed E-state index contributed by atoms with van der Waals surface area (Å²) >= 11 is 1.49. The second kappa shape index (κ2) is 8.27. The molecule has 2 amide bonds.